The van der Waals surface area contributed by atoms with E-state index in [2.05, 4.69) is 9.82 Å². The van der Waals surface area contributed by atoms with Crippen molar-refractivity contribution in [2.45, 2.75) is 12.8 Å². The lowest BCUT2D eigenvalue weighted by Crippen LogP contribution is -2.19. The van der Waals surface area contributed by atoms with Gasteiger partial charge in [0.05, 0.1) is 11.9 Å². The van der Waals surface area contributed by atoms with Crippen LogP contribution >= 0.6 is 0 Å². The van der Waals surface area contributed by atoms with E-state index in [0.717, 1.165) is 0 Å². The van der Waals surface area contributed by atoms with Crippen molar-refractivity contribution < 1.29 is 8.42 Å². The van der Waals surface area contributed by atoms with Gasteiger partial charge in [-0.25, -0.2) is 8.42 Å². The first-order chi connectivity index (χ1) is 7.05. The standard InChI is InChI=1S/C8H16N4O2S/c1-12-8(4-6-10-12)11-15(13,14)7-3-2-5-9/h4,6,11H,2-3,5,7,9H2,1H3. The molecule has 0 saturated heterocycles. The maximum absolute atomic E-state index is 11.5. The molecule has 0 fully saturated rings. The Hall–Kier alpha value is -1.08. The number of rotatable bonds is 6. The van der Waals surface area contributed by atoms with Gasteiger partial charge in [-0.2, -0.15) is 5.10 Å². The van der Waals surface area contributed by atoms with E-state index in [-0.39, 0.29) is 5.75 Å². The molecule has 1 aromatic heterocycles. The van der Waals surface area contributed by atoms with Crippen molar-refractivity contribution in [3.05, 3.63) is 12.3 Å². The summed E-state index contributed by atoms with van der Waals surface area (Å²) in [5.74, 6) is 0.567. The maximum Gasteiger partial charge on any atom is 0.233 e. The Morgan fingerprint density at radius 3 is 2.80 bits per heavy atom. The zero-order valence-electron chi connectivity index (χ0n) is 8.68. The van der Waals surface area contributed by atoms with Gasteiger partial charge in [0.1, 0.15) is 5.82 Å². The molecule has 0 aliphatic heterocycles. The van der Waals surface area contributed by atoms with E-state index in [1.54, 1.807) is 13.1 Å². The van der Waals surface area contributed by atoms with E-state index in [4.69, 9.17) is 5.73 Å². The Balaban J connectivity index is 2.53. The van der Waals surface area contributed by atoms with Crippen molar-refractivity contribution in [1.82, 2.24) is 9.78 Å². The van der Waals surface area contributed by atoms with E-state index in [9.17, 15) is 8.42 Å². The number of nitrogens with one attached hydrogen (secondary N) is 1. The monoisotopic (exact) mass is 232 g/mol. The third kappa shape index (κ3) is 3.88. The third-order valence-electron chi connectivity index (χ3n) is 1.95. The quantitative estimate of drug-likeness (QED) is 0.670. The lowest BCUT2D eigenvalue weighted by molar-refractivity contribution is 0.596. The highest BCUT2D eigenvalue weighted by atomic mass is 32.2. The van der Waals surface area contributed by atoms with Gasteiger partial charge in [-0.05, 0) is 19.4 Å². The van der Waals surface area contributed by atoms with Crippen LogP contribution in [0.3, 0.4) is 0 Å². The summed E-state index contributed by atoms with van der Waals surface area (Å²) in [5.41, 5.74) is 5.29. The van der Waals surface area contributed by atoms with Crippen LogP contribution in [0.5, 0.6) is 0 Å². The molecule has 0 radical (unpaired) electrons. The molecular weight excluding hydrogens is 216 g/mol. The van der Waals surface area contributed by atoms with Crippen molar-refractivity contribution in [2.75, 3.05) is 17.0 Å². The molecule has 0 spiro atoms. The predicted molar refractivity (Wildman–Crippen MR) is 58.9 cm³/mol. The molecule has 0 aliphatic rings. The number of anilines is 1. The van der Waals surface area contributed by atoms with Crippen LogP contribution in [-0.2, 0) is 17.1 Å². The number of aromatic nitrogens is 2. The molecule has 15 heavy (non-hydrogen) atoms. The van der Waals surface area contributed by atoms with Gasteiger partial charge in [0.25, 0.3) is 0 Å². The van der Waals surface area contributed by atoms with Gasteiger partial charge in [0.15, 0.2) is 0 Å². The maximum atomic E-state index is 11.5. The van der Waals surface area contributed by atoms with Crippen LogP contribution in [0.2, 0.25) is 0 Å². The summed E-state index contributed by atoms with van der Waals surface area (Å²) in [6.07, 6.45) is 2.83. The normalized spacial score (nSPS) is 11.6. The van der Waals surface area contributed by atoms with Gasteiger partial charge in [0, 0.05) is 13.1 Å². The first kappa shape index (κ1) is 12.0. The smallest absolute Gasteiger partial charge is 0.233 e. The first-order valence-electron chi connectivity index (χ1n) is 4.74. The minimum Gasteiger partial charge on any atom is -0.330 e. The number of nitrogens with two attached hydrogens (primary N) is 1. The van der Waals surface area contributed by atoms with Crippen molar-refractivity contribution in [3.8, 4) is 0 Å². The van der Waals surface area contributed by atoms with E-state index < -0.39 is 10.0 Å². The first-order valence-corrected chi connectivity index (χ1v) is 6.39. The van der Waals surface area contributed by atoms with Crippen LogP contribution in [0.25, 0.3) is 0 Å². The summed E-state index contributed by atoms with van der Waals surface area (Å²) < 4.78 is 27.0. The summed E-state index contributed by atoms with van der Waals surface area (Å²) >= 11 is 0. The summed E-state index contributed by atoms with van der Waals surface area (Å²) in [6.45, 7) is 0.515. The Morgan fingerprint density at radius 2 is 2.27 bits per heavy atom. The van der Waals surface area contributed by atoms with Crippen LogP contribution in [0.15, 0.2) is 12.3 Å². The van der Waals surface area contributed by atoms with Gasteiger partial charge >= 0.3 is 0 Å². The van der Waals surface area contributed by atoms with Gasteiger partial charge < -0.3 is 5.73 Å². The second-order valence-corrected chi connectivity index (χ2v) is 5.10. The van der Waals surface area contributed by atoms with Gasteiger partial charge in [-0.3, -0.25) is 9.40 Å². The Kier molecular flexibility index (Phi) is 4.10. The molecule has 0 bridgehead atoms. The molecule has 1 aromatic rings. The number of aryl methyl sites for hydroxylation is 1. The lowest BCUT2D eigenvalue weighted by atomic mass is 10.3. The van der Waals surface area contributed by atoms with Gasteiger partial charge in [-0.15, -0.1) is 0 Å². The molecule has 0 amide bonds. The number of nitrogens with zero attached hydrogens (tertiary/aromatic N) is 2. The zero-order chi connectivity index (χ0) is 11.3. The van der Waals surface area contributed by atoms with Crippen molar-refractivity contribution in [1.29, 1.82) is 0 Å². The Labute approximate surface area is 89.5 Å². The molecule has 3 N–H and O–H groups in total. The molecule has 0 atom stereocenters. The summed E-state index contributed by atoms with van der Waals surface area (Å²) in [6, 6.07) is 1.61. The minimum absolute atomic E-state index is 0.0926. The highest BCUT2D eigenvalue weighted by Gasteiger charge is 2.11. The molecule has 6 nitrogen and oxygen atoms in total. The van der Waals surface area contributed by atoms with E-state index in [0.29, 0.717) is 25.2 Å². The third-order valence-corrected chi connectivity index (χ3v) is 3.29. The van der Waals surface area contributed by atoms with Crippen LogP contribution in [-0.4, -0.2) is 30.5 Å². The van der Waals surface area contributed by atoms with Crippen LogP contribution < -0.4 is 10.5 Å². The number of hydrogen-bond acceptors (Lipinski definition) is 4. The summed E-state index contributed by atoms with van der Waals surface area (Å²) in [5, 5.41) is 3.87. The number of sulfonamides is 1. The molecule has 1 rings (SSSR count). The molecule has 1 heterocycles. The fourth-order valence-corrected chi connectivity index (χ4v) is 2.33. The number of unbranched alkanes of at least 4 members (excludes halogenated alkanes) is 1. The largest absolute Gasteiger partial charge is 0.330 e. The van der Waals surface area contributed by atoms with Gasteiger partial charge in [-0.1, -0.05) is 0 Å². The van der Waals surface area contributed by atoms with E-state index in [1.807, 2.05) is 0 Å². The zero-order valence-corrected chi connectivity index (χ0v) is 9.50. The number of hydrogen-bond donors (Lipinski definition) is 2. The predicted octanol–water partition coefficient (Wildman–Crippen LogP) is -0.0993. The highest BCUT2D eigenvalue weighted by molar-refractivity contribution is 7.92. The lowest BCUT2D eigenvalue weighted by Gasteiger charge is -2.07. The van der Waals surface area contributed by atoms with E-state index in [1.165, 1.54) is 10.9 Å². The second-order valence-electron chi connectivity index (χ2n) is 3.26. The Bertz CT molecular complexity index is 399. The van der Waals surface area contributed by atoms with Gasteiger partial charge in [0.2, 0.25) is 10.0 Å². The minimum atomic E-state index is -3.27. The van der Waals surface area contributed by atoms with Crippen LogP contribution in [0.1, 0.15) is 12.8 Å². The summed E-state index contributed by atoms with van der Waals surface area (Å²) in [7, 11) is -1.59. The molecule has 0 unspecified atom stereocenters. The molecule has 86 valence electrons. The average molecular weight is 232 g/mol. The average Bonchev–Trinajstić information content (AvgIpc) is 2.51. The SMILES string of the molecule is Cn1nccc1NS(=O)(=O)CCCCN. The molecule has 0 aliphatic carbocycles. The van der Waals surface area contributed by atoms with Crippen molar-refractivity contribution in [2.24, 2.45) is 12.8 Å². The van der Waals surface area contributed by atoms with Crippen molar-refractivity contribution >= 4 is 15.8 Å². The topological polar surface area (TPSA) is 90.0 Å². The molecule has 0 saturated carbocycles. The molecule has 7 heteroatoms. The van der Waals surface area contributed by atoms with E-state index >= 15 is 0 Å². The summed E-state index contributed by atoms with van der Waals surface area (Å²) in [4.78, 5) is 0. The molecule has 0 aromatic carbocycles. The fourth-order valence-electron chi connectivity index (χ4n) is 1.12. The van der Waals surface area contributed by atoms with Crippen LogP contribution in [0, 0.1) is 0 Å². The molecular formula is C8H16N4O2S. The van der Waals surface area contributed by atoms with Crippen molar-refractivity contribution in [3.63, 3.8) is 0 Å². The Morgan fingerprint density at radius 1 is 1.53 bits per heavy atom. The fraction of sp³-hybridized carbons (Fsp3) is 0.625. The highest BCUT2D eigenvalue weighted by Crippen LogP contribution is 2.07. The second kappa shape index (κ2) is 5.13. The van der Waals surface area contributed by atoms with Crippen LogP contribution in [0.4, 0.5) is 5.82 Å².